The average Bonchev–Trinajstić information content (AvgIpc) is 2.48. The van der Waals surface area contributed by atoms with E-state index in [2.05, 4.69) is 15.3 Å². The lowest BCUT2D eigenvalue weighted by atomic mass is 10.1. The van der Waals surface area contributed by atoms with Crippen molar-refractivity contribution in [3.05, 3.63) is 65.2 Å². The first-order chi connectivity index (χ1) is 9.69. The van der Waals surface area contributed by atoms with Crippen LogP contribution in [0.15, 0.2) is 53.7 Å². The largest absolute Gasteiger partial charge is 0.399 e. The van der Waals surface area contributed by atoms with E-state index >= 15 is 0 Å². The number of hydrogen-bond donors (Lipinski definition) is 1. The fourth-order valence-electron chi connectivity index (χ4n) is 1.67. The van der Waals surface area contributed by atoms with Gasteiger partial charge in [0.25, 0.3) is 5.91 Å². The van der Waals surface area contributed by atoms with E-state index in [9.17, 15) is 4.79 Å². The highest BCUT2D eigenvalue weighted by molar-refractivity contribution is 6.04. The van der Waals surface area contributed by atoms with Gasteiger partial charge in [0.2, 0.25) is 0 Å². The molecule has 0 aliphatic heterocycles. The Bertz CT molecular complexity index is 601. The summed E-state index contributed by atoms with van der Waals surface area (Å²) in [6.07, 6.45) is 1.58. The van der Waals surface area contributed by atoms with Crippen LogP contribution in [0.4, 0.5) is 5.69 Å². The summed E-state index contributed by atoms with van der Waals surface area (Å²) in [6, 6.07) is 14.8. The predicted molar refractivity (Wildman–Crippen MR) is 80.2 cm³/mol. The highest BCUT2D eigenvalue weighted by atomic mass is 16.6. The molecular weight excluding hydrogens is 252 g/mol. The Hall–Kier alpha value is -2.62. The summed E-state index contributed by atoms with van der Waals surface area (Å²) in [5.74, 6) is -0.135. The van der Waals surface area contributed by atoms with E-state index < -0.39 is 0 Å². The number of amides is 1. The molecule has 0 radical (unpaired) electrons. The van der Waals surface area contributed by atoms with Crippen LogP contribution < -0.4 is 5.32 Å². The molecule has 4 nitrogen and oxygen atoms in total. The quantitative estimate of drug-likeness (QED) is 0.683. The zero-order valence-electron chi connectivity index (χ0n) is 11.5. The minimum Gasteiger partial charge on any atom is -0.399 e. The standard InChI is InChI=1S/C16H16N2O2/c1-12-3-9-15(10-4-12)18-16(19)14-7-5-13(6-8-14)11-17-20-2/h3-11H,1-2H3,(H,18,19)/b17-11+. The Morgan fingerprint density at radius 1 is 1.10 bits per heavy atom. The Balaban J connectivity index is 2.05. The zero-order chi connectivity index (χ0) is 14.4. The van der Waals surface area contributed by atoms with Crippen molar-refractivity contribution in [2.75, 3.05) is 12.4 Å². The number of oxime groups is 1. The first-order valence-electron chi connectivity index (χ1n) is 6.23. The molecule has 2 rings (SSSR count). The van der Waals surface area contributed by atoms with Crippen LogP contribution in [-0.2, 0) is 4.84 Å². The molecule has 20 heavy (non-hydrogen) atoms. The summed E-state index contributed by atoms with van der Waals surface area (Å²) in [6.45, 7) is 2.01. The predicted octanol–water partition coefficient (Wildman–Crippen LogP) is 3.23. The molecule has 0 aliphatic rings. The van der Waals surface area contributed by atoms with Crippen LogP contribution in [0.2, 0.25) is 0 Å². The molecule has 4 heteroatoms. The maximum absolute atomic E-state index is 12.1. The van der Waals surface area contributed by atoms with Gasteiger partial charge in [0, 0.05) is 11.3 Å². The fourth-order valence-corrected chi connectivity index (χ4v) is 1.67. The molecule has 0 bridgehead atoms. The van der Waals surface area contributed by atoms with E-state index in [1.54, 1.807) is 18.3 Å². The van der Waals surface area contributed by atoms with E-state index in [0.29, 0.717) is 5.56 Å². The molecular formula is C16H16N2O2. The highest BCUT2D eigenvalue weighted by Gasteiger charge is 2.05. The molecule has 0 heterocycles. The molecule has 102 valence electrons. The Morgan fingerprint density at radius 2 is 1.75 bits per heavy atom. The third kappa shape index (κ3) is 3.68. The van der Waals surface area contributed by atoms with Crippen LogP contribution in [0.1, 0.15) is 21.5 Å². The Kier molecular flexibility index (Phi) is 4.50. The van der Waals surface area contributed by atoms with E-state index in [4.69, 9.17) is 0 Å². The van der Waals surface area contributed by atoms with Crippen LogP contribution in [-0.4, -0.2) is 19.2 Å². The summed E-state index contributed by atoms with van der Waals surface area (Å²) in [7, 11) is 1.49. The number of hydrogen-bond acceptors (Lipinski definition) is 3. The van der Waals surface area contributed by atoms with Crippen LogP contribution in [0.5, 0.6) is 0 Å². The molecule has 0 aliphatic carbocycles. The molecule has 2 aromatic carbocycles. The topological polar surface area (TPSA) is 50.7 Å². The van der Waals surface area contributed by atoms with Crippen molar-refractivity contribution < 1.29 is 9.63 Å². The first kappa shape index (κ1) is 13.8. The van der Waals surface area contributed by atoms with E-state index in [-0.39, 0.29) is 5.91 Å². The maximum Gasteiger partial charge on any atom is 0.255 e. The average molecular weight is 268 g/mol. The van der Waals surface area contributed by atoms with Crippen molar-refractivity contribution in [1.82, 2.24) is 0 Å². The molecule has 0 atom stereocenters. The lowest BCUT2D eigenvalue weighted by Gasteiger charge is -2.05. The number of benzene rings is 2. The van der Waals surface area contributed by atoms with Crippen molar-refractivity contribution in [2.24, 2.45) is 5.16 Å². The number of anilines is 1. The van der Waals surface area contributed by atoms with Gasteiger partial charge in [0.05, 0.1) is 6.21 Å². The highest BCUT2D eigenvalue weighted by Crippen LogP contribution is 2.11. The van der Waals surface area contributed by atoms with E-state index in [1.807, 2.05) is 43.3 Å². The summed E-state index contributed by atoms with van der Waals surface area (Å²) in [5.41, 5.74) is 3.41. The van der Waals surface area contributed by atoms with Gasteiger partial charge in [0.15, 0.2) is 0 Å². The first-order valence-corrected chi connectivity index (χ1v) is 6.23. The van der Waals surface area contributed by atoms with Crippen molar-refractivity contribution in [3.63, 3.8) is 0 Å². The second kappa shape index (κ2) is 6.52. The van der Waals surface area contributed by atoms with Gasteiger partial charge in [-0.1, -0.05) is 35.0 Å². The van der Waals surface area contributed by atoms with Gasteiger partial charge >= 0.3 is 0 Å². The van der Waals surface area contributed by atoms with E-state index in [0.717, 1.165) is 16.8 Å². The number of nitrogens with one attached hydrogen (secondary N) is 1. The van der Waals surface area contributed by atoms with Crippen LogP contribution in [0, 0.1) is 6.92 Å². The number of rotatable bonds is 4. The molecule has 2 aromatic rings. The number of nitrogens with zero attached hydrogens (tertiary/aromatic N) is 1. The lowest BCUT2D eigenvalue weighted by molar-refractivity contribution is 0.102. The van der Waals surface area contributed by atoms with Gasteiger partial charge in [-0.25, -0.2) is 0 Å². The monoisotopic (exact) mass is 268 g/mol. The van der Waals surface area contributed by atoms with Crippen molar-refractivity contribution in [3.8, 4) is 0 Å². The third-order valence-corrected chi connectivity index (χ3v) is 2.79. The van der Waals surface area contributed by atoms with Crippen LogP contribution in [0.3, 0.4) is 0 Å². The molecule has 0 aromatic heterocycles. The SMILES string of the molecule is CO/N=C/c1ccc(C(=O)Nc2ccc(C)cc2)cc1. The lowest BCUT2D eigenvalue weighted by Crippen LogP contribution is -2.11. The van der Waals surface area contributed by atoms with Gasteiger partial charge in [-0.05, 0) is 36.8 Å². The summed E-state index contributed by atoms with van der Waals surface area (Å²) in [4.78, 5) is 16.7. The summed E-state index contributed by atoms with van der Waals surface area (Å²) in [5, 5.41) is 6.52. The second-order valence-corrected chi connectivity index (χ2v) is 4.36. The van der Waals surface area contributed by atoms with Gasteiger partial charge in [-0.15, -0.1) is 0 Å². The number of aryl methyl sites for hydroxylation is 1. The number of carbonyl (C=O) groups is 1. The number of carbonyl (C=O) groups excluding carboxylic acids is 1. The molecule has 0 fully saturated rings. The molecule has 0 spiro atoms. The molecule has 1 amide bonds. The Morgan fingerprint density at radius 3 is 2.35 bits per heavy atom. The Labute approximate surface area is 118 Å². The third-order valence-electron chi connectivity index (χ3n) is 2.79. The molecule has 0 saturated carbocycles. The minimum atomic E-state index is -0.135. The van der Waals surface area contributed by atoms with Gasteiger partial charge in [-0.3, -0.25) is 4.79 Å². The molecule has 0 saturated heterocycles. The van der Waals surface area contributed by atoms with Gasteiger partial charge in [0.1, 0.15) is 7.11 Å². The van der Waals surface area contributed by atoms with E-state index in [1.165, 1.54) is 7.11 Å². The normalized spacial score (nSPS) is 10.5. The smallest absolute Gasteiger partial charge is 0.255 e. The summed E-state index contributed by atoms with van der Waals surface area (Å²) >= 11 is 0. The zero-order valence-corrected chi connectivity index (χ0v) is 11.5. The minimum absolute atomic E-state index is 0.135. The fraction of sp³-hybridized carbons (Fsp3) is 0.125. The summed E-state index contributed by atoms with van der Waals surface area (Å²) < 4.78 is 0. The maximum atomic E-state index is 12.1. The van der Waals surface area contributed by atoms with Crippen LogP contribution >= 0.6 is 0 Å². The van der Waals surface area contributed by atoms with Crippen molar-refractivity contribution in [1.29, 1.82) is 0 Å². The van der Waals surface area contributed by atoms with Gasteiger partial charge in [-0.2, -0.15) is 0 Å². The van der Waals surface area contributed by atoms with Crippen molar-refractivity contribution >= 4 is 17.8 Å². The van der Waals surface area contributed by atoms with Crippen molar-refractivity contribution in [2.45, 2.75) is 6.92 Å². The van der Waals surface area contributed by atoms with Gasteiger partial charge < -0.3 is 10.2 Å². The molecule has 0 unspecified atom stereocenters. The molecule has 1 N–H and O–H groups in total. The second-order valence-electron chi connectivity index (χ2n) is 4.36. The van der Waals surface area contributed by atoms with Crippen LogP contribution in [0.25, 0.3) is 0 Å².